The van der Waals surface area contributed by atoms with Crippen LogP contribution in [-0.2, 0) is 27.2 Å². The smallest absolute Gasteiger partial charge is 0.309 e. The Morgan fingerprint density at radius 2 is 1.40 bits per heavy atom. The Morgan fingerprint density at radius 3 is 1.83 bits per heavy atom. The molecule has 0 amide bonds. The number of hydrogen-bond donors (Lipinski definition) is 3. The molecule has 0 heterocycles. The Bertz CT molecular complexity index is 748. The number of aryl methyl sites for hydroxylation is 2. The van der Waals surface area contributed by atoms with Crippen molar-refractivity contribution in [3.8, 4) is 11.5 Å². The fourth-order valence-corrected chi connectivity index (χ4v) is 4.35. The molecule has 3 N–H and O–H groups in total. The normalized spacial score (nSPS) is 18.0. The van der Waals surface area contributed by atoms with Crippen LogP contribution in [0.4, 0.5) is 0 Å². The van der Waals surface area contributed by atoms with Gasteiger partial charge < -0.3 is 20.1 Å². The molecule has 6 nitrogen and oxygen atoms in total. The number of rotatable bonds is 15. The average molecular weight is 419 g/mol. The van der Waals surface area contributed by atoms with Crippen molar-refractivity contribution in [1.29, 1.82) is 0 Å². The van der Waals surface area contributed by atoms with E-state index >= 15 is 0 Å². The van der Waals surface area contributed by atoms with Crippen LogP contribution in [0, 0.1) is 5.41 Å². The molecule has 2 aliphatic rings. The second kappa shape index (κ2) is 9.71. The third kappa shape index (κ3) is 5.89. The first-order valence-corrected chi connectivity index (χ1v) is 11.3. The molecule has 0 spiro atoms. The molecule has 166 valence electrons. The van der Waals surface area contributed by atoms with E-state index < -0.39 is 11.4 Å². The molecule has 1 aromatic carbocycles. The van der Waals surface area contributed by atoms with Crippen LogP contribution in [0.2, 0.25) is 0 Å². The SMILES string of the molecule is O=COC1(CCCCCc2cc(O)c(CCCCCC3(C(=O)O)CC3)cc2O)CC1. The molecule has 30 heavy (non-hydrogen) atoms. The minimum Gasteiger partial charge on any atom is -0.508 e. The first-order chi connectivity index (χ1) is 14.4. The van der Waals surface area contributed by atoms with E-state index in [1.807, 2.05) is 0 Å². The highest BCUT2D eigenvalue weighted by Crippen LogP contribution is 2.50. The molecule has 0 unspecified atom stereocenters. The van der Waals surface area contributed by atoms with Crippen molar-refractivity contribution < 1.29 is 29.6 Å². The van der Waals surface area contributed by atoms with Gasteiger partial charge in [0, 0.05) is 0 Å². The Balaban J connectivity index is 1.35. The van der Waals surface area contributed by atoms with Crippen molar-refractivity contribution in [3.05, 3.63) is 23.3 Å². The Kier molecular flexibility index (Phi) is 7.27. The van der Waals surface area contributed by atoms with Crippen molar-refractivity contribution in [2.75, 3.05) is 0 Å². The van der Waals surface area contributed by atoms with Gasteiger partial charge in [-0.1, -0.05) is 19.3 Å². The van der Waals surface area contributed by atoms with Crippen LogP contribution in [0.3, 0.4) is 0 Å². The standard InChI is InChI=1S/C24H34O6/c25-17-30-24(13-14-24)10-6-2-4-8-19-16-20(26)18(15-21(19)27)7-3-1-5-9-23(11-12-23)22(28)29/h15-17,26-27H,1-14H2,(H,28,29). The van der Waals surface area contributed by atoms with Crippen molar-refractivity contribution in [2.24, 2.45) is 5.41 Å². The topological polar surface area (TPSA) is 104 Å². The van der Waals surface area contributed by atoms with Gasteiger partial charge in [-0.2, -0.15) is 0 Å². The summed E-state index contributed by atoms with van der Waals surface area (Å²) in [5, 5.41) is 29.9. The lowest BCUT2D eigenvalue weighted by Crippen LogP contribution is -2.14. The van der Waals surface area contributed by atoms with Gasteiger partial charge in [-0.3, -0.25) is 9.59 Å². The quantitative estimate of drug-likeness (QED) is 0.213. The lowest BCUT2D eigenvalue weighted by Gasteiger charge is -2.13. The van der Waals surface area contributed by atoms with Crippen LogP contribution in [0.25, 0.3) is 0 Å². The highest BCUT2D eigenvalue weighted by atomic mass is 16.5. The lowest BCUT2D eigenvalue weighted by molar-refractivity contribution is -0.143. The fraction of sp³-hybridized carbons (Fsp3) is 0.667. The molecule has 0 aromatic heterocycles. The first kappa shape index (κ1) is 22.4. The van der Waals surface area contributed by atoms with Gasteiger partial charge in [0.2, 0.25) is 0 Å². The lowest BCUT2D eigenvalue weighted by atomic mass is 9.96. The van der Waals surface area contributed by atoms with Crippen LogP contribution in [0.1, 0.15) is 88.2 Å². The fourth-order valence-electron chi connectivity index (χ4n) is 4.35. The minimum atomic E-state index is -0.665. The van der Waals surface area contributed by atoms with Gasteiger partial charge in [-0.25, -0.2) is 0 Å². The molecule has 0 saturated heterocycles. The van der Waals surface area contributed by atoms with E-state index in [1.165, 1.54) is 0 Å². The number of phenols is 2. The van der Waals surface area contributed by atoms with Gasteiger partial charge in [0.05, 0.1) is 5.41 Å². The number of carboxylic acids is 1. The highest BCUT2D eigenvalue weighted by Gasteiger charge is 2.49. The number of hydrogen-bond acceptors (Lipinski definition) is 5. The summed E-state index contributed by atoms with van der Waals surface area (Å²) >= 11 is 0. The molecule has 6 heteroatoms. The summed E-state index contributed by atoms with van der Waals surface area (Å²) in [5.41, 5.74) is 0.857. The minimum absolute atomic E-state index is 0.198. The maximum absolute atomic E-state index is 11.2. The molecule has 0 radical (unpaired) electrons. The number of aliphatic carboxylic acids is 1. The summed E-state index contributed by atoms with van der Waals surface area (Å²) in [6, 6.07) is 3.34. The predicted molar refractivity (Wildman–Crippen MR) is 113 cm³/mol. The third-order valence-electron chi connectivity index (χ3n) is 6.87. The molecule has 0 bridgehead atoms. The number of ether oxygens (including phenoxy) is 1. The van der Waals surface area contributed by atoms with Crippen molar-refractivity contribution in [3.63, 3.8) is 0 Å². The summed E-state index contributed by atoms with van der Waals surface area (Å²) in [6.45, 7) is 0.551. The van der Waals surface area contributed by atoms with Gasteiger partial charge in [0.1, 0.15) is 17.1 Å². The molecule has 2 aliphatic carbocycles. The van der Waals surface area contributed by atoms with Crippen molar-refractivity contribution in [2.45, 2.75) is 95.5 Å². The van der Waals surface area contributed by atoms with E-state index in [1.54, 1.807) is 12.1 Å². The van der Waals surface area contributed by atoms with Crippen LogP contribution >= 0.6 is 0 Å². The number of carbonyl (C=O) groups is 2. The number of carbonyl (C=O) groups excluding carboxylic acids is 1. The zero-order valence-electron chi connectivity index (χ0n) is 17.7. The summed E-state index contributed by atoms with van der Waals surface area (Å²) in [4.78, 5) is 21.7. The number of unbranched alkanes of at least 4 members (excludes halogenated alkanes) is 4. The summed E-state index contributed by atoms with van der Waals surface area (Å²) in [5.74, 6) is -0.209. The number of carboxylic acid groups (broad SMARTS) is 1. The average Bonchev–Trinajstić information content (AvgIpc) is 3.62. The van der Waals surface area contributed by atoms with E-state index in [4.69, 9.17) is 4.74 Å². The molecule has 1 aromatic rings. The maximum Gasteiger partial charge on any atom is 0.309 e. The van der Waals surface area contributed by atoms with E-state index in [0.717, 1.165) is 88.2 Å². The Labute approximate surface area is 178 Å². The molecule has 2 saturated carbocycles. The molecule has 3 rings (SSSR count). The Morgan fingerprint density at radius 1 is 0.867 bits per heavy atom. The number of aromatic hydroxyl groups is 2. The molecule has 2 fully saturated rings. The van der Waals surface area contributed by atoms with Crippen molar-refractivity contribution in [1.82, 2.24) is 0 Å². The summed E-state index contributed by atoms with van der Waals surface area (Å²) < 4.78 is 5.15. The van der Waals surface area contributed by atoms with Gasteiger partial charge in [-0.05, 0) is 93.9 Å². The zero-order chi connectivity index (χ0) is 21.6. The zero-order valence-corrected chi connectivity index (χ0v) is 17.7. The van der Waals surface area contributed by atoms with Crippen LogP contribution in [0.15, 0.2) is 12.1 Å². The summed E-state index contributed by atoms with van der Waals surface area (Å²) in [6.07, 6.45) is 12.1. The summed E-state index contributed by atoms with van der Waals surface area (Å²) in [7, 11) is 0. The Hall–Kier alpha value is -2.24. The second-order valence-electron chi connectivity index (χ2n) is 9.21. The van der Waals surface area contributed by atoms with Gasteiger partial charge in [0.25, 0.3) is 6.47 Å². The maximum atomic E-state index is 11.2. The molecule has 0 aliphatic heterocycles. The third-order valence-corrected chi connectivity index (χ3v) is 6.87. The van der Waals surface area contributed by atoms with E-state index in [9.17, 15) is 24.9 Å². The number of benzene rings is 1. The predicted octanol–water partition coefficient (Wildman–Crippen LogP) is 4.87. The van der Waals surface area contributed by atoms with Crippen LogP contribution in [-0.4, -0.2) is 33.4 Å². The number of phenolic OH excluding ortho intramolecular Hbond substituents is 2. The van der Waals surface area contributed by atoms with Crippen LogP contribution < -0.4 is 0 Å². The van der Waals surface area contributed by atoms with E-state index in [0.29, 0.717) is 19.3 Å². The largest absolute Gasteiger partial charge is 0.508 e. The monoisotopic (exact) mass is 418 g/mol. The molecular weight excluding hydrogens is 384 g/mol. The second-order valence-corrected chi connectivity index (χ2v) is 9.21. The first-order valence-electron chi connectivity index (χ1n) is 11.3. The highest BCUT2D eigenvalue weighted by molar-refractivity contribution is 5.77. The van der Waals surface area contributed by atoms with E-state index in [-0.39, 0.29) is 17.1 Å². The van der Waals surface area contributed by atoms with Crippen LogP contribution in [0.5, 0.6) is 11.5 Å². The van der Waals surface area contributed by atoms with Gasteiger partial charge in [-0.15, -0.1) is 0 Å². The molecule has 0 atom stereocenters. The van der Waals surface area contributed by atoms with Gasteiger partial charge in [0.15, 0.2) is 0 Å². The van der Waals surface area contributed by atoms with E-state index in [2.05, 4.69) is 0 Å². The van der Waals surface area contributed by atoms with Gasteiger partial charge >= 0.3 is 5.97 Å². The van der Waals surface area contributed by atoms with Crippen molar-refractivity contribution >= 4 is 12.4 Å². The molecular formula is C24H34O6.